The summed E-state index contributed by atoms with van der Waals surface area (Å²) < 4.78 is 0. The van der Waals surface area contributed by atoms with Crippen molar-refractivity contribution < 1.29 is 4.79 Å². The Kier molecular flexibility index (Phi) is 2.07. The van der Waals surface area contributed by atoms with E-state index >= 15 is 0 Å². The molecule has 1 unspecified atom stereocenters. The molecule has 1 aliphatic carbocycles. The zero-order chi connectivity index (χ0) is 11.2. The molecule has 1 nitrogen and oxygen atoms in total. The lowest BCUT2D eigenvalue weighted by molar-refractivity contribution is 0.0845. The number of allylic oxidation sites excluding steroid dienone is 1. The summed E-state index contributed by atoms with van der Waals surface area (Å²) in [6.07, 6.45) is 0. The first-order valence-corrected chi connectivity index (χ1v) is 5.33. The number of hydrogen-bond acceptors (Lipinski definition) is 1. The molecule has 0 aliphatic heterocycles. The van der Waals surface area contributed by atoms with E-state index in [1.807, 2.05) is 31.2 Å². The number of hydrogen-bond donors (Lipinski definition) is 0. The van der Waals surface area contributed by atoms with Gasteiger partial charge in [-0.15, -0.1) is 0 Å². The zero-order valence-corrected chi connectivity index (χ0v) is 9.50. The van der Waals surface area contributed by atoms with Crippen molar-refractivity contribution in [2.75, 3.05) is 0 Å². The molecule has 0 N–H and O–H groups in total. The predicted molar refractivity (Wildman–Crippen MR) is 62.8 cm³/mol. The lowest BCUT2D eigenvalue weighted by Gasteiger charge is -2.28. The lowest BCUT2D eigenvalue weighted by Crippen LogP contribution is -2.29. The Labute approximate surface area is 90.8 Å². The highest BCUT2D eigenvalue weighted by Gasteiger charge is 2.46. The van der Waals surface area contributed by atoms with Crippen LogP contribution in [0, 0.1) is 11.3 Å². The van der Waals surface area contributed by atoms with Crippen molar-refractivity contribution in [3.8, 4) is 0 Å². The van der Waals surface area contributed by atoms with Crippen molar-refractivity contribution in [1.82, 2.24) is 0 Å². The van der Waals surface area contributed by atoms with E-state index in [4.69, 9.17) is 0 Å². The smallest absolute Gasteiger partial charge is 0.173 e. The number of benzene rings is 1. The largest absolute Gasteiger partial charge is 0.293 e. The number of rotatable bonds is 1. The minimum Gasteiger partial charge on any atom is -0.293 e. The molecule has 0 spiro atoms. The summed E-state index contributed by atoms with van der Waals surface area (Å²) in [4.78, 5) is 12.3. The summed E-state index contributed by atoms with van der Waals surface area (Å²) in [6.45, 7) is 10.3. The van der Waals surface area contributed by atoms with Crippen LogP contribution >= 0.6 is 0 Å². The molecule has 1 heteroatoms. The van der Waals surface area contributed by atoms with E-state index in [1.165, 1.54) is 0 Å². The molecule has 15 heavy (non-hydrogen) atoms. The predicted octanol–water partition coefficient (Wildman–Crippen LogP) is 3.56. The molecule has 1 aromatic carbocycles. The van der Waals surface area contributed by atoms with Crippen molar-refractivity contribution >= 4 is 11.4 Å². The van der Waals surface area contributed by atoms with Crippen molar-refractivity contribution in [3.63, 3.8) is 0 Å². The van der Waals surface area contributed by atoms with Gasteiger partial charge in [-0.1, -0.05) is 44.7 Å². The van der Waals surface area contributed by atoms with Gasteiger partial charge in [-0.3, -0.25) is 4.79 Å². The first-order chi connectivity index (χ1) is 6.99. The van der Waals surface area contributed by atoms with Gasteiger partial charge in [0, 0.05) is 5.56 Å². The normalized spacial score (nSPS) is 24.8. The highest BCUT2D eigenvalue weighted by molar-refractivity contribution is 6.16. The fourth-order valence-corrected chi connectivity index (χ4v) is 2.25. The molecule has 0 saturated carbocycles. The van der Waals surface area contributed by atoms with Crippen LogP contribution in [-0.2, 0) is 0 Å². The summed E-state index contributed by atoms with van der Waals surface area (Å²) in [6, 6.07) is 7.76. The van der Waals surface area contributed by atoms with Crippen molar-refractivity contribution in [2.45, 2.75) is 20.8 Å². The van der Waals surface area contributed by atoms with Gasteiger partial charge in [0.05, 0.1) is 5.41 Å². The second-order valence-electron chi connectivity index (χ2n) is 4.71. The Balaban J connectivity index is 2.65. The fourth-order valence-electron chi connectivity index (χ4n) is 2.25. The molecule has 0 aromatic heterocycles. The van der Waals surface area contributed by atoms with Crippen molar-refractivity contribution in [1.29, 1.82) is 0 Å². The van der Waals surface area contributed by atoms with Crippen LogP contribution < -0.4 is 0 Å². The fraction of sp³-hybridized carbons (Fsp3) is 0.357. The van der Waals surface area contributed by atoms with Gasteiger partial charge in [-0.05, 0) is 24.0 Å². The minimum atomic E-state index is -0.413. The third kappa shape index (κ3) is 1.12. The molecule has 0 amide bonds. The summed E-state index contributed by atoms with van der Waals surface area (Å²) in [5.74, 6) is 0.503. The van der Waals surface area contributed by atoms with E-state index in [-0.39, 0.29) is 11.7 Å². The molecule has 2 rings (SSSR count). The van der Waals surface area contributed by atoms with Gasteiger partial charge < -0.3 is 0 Å². The van der Waals surface area contributed by atoms with Crippen LogP contribution in [0.15, 0.2) is 30.8 Å². The van der Waals surface area contributed by atoms with Crippen LogP contribution in [-0.4, -0.2) is 5.78 Å². The molecule has 78 valence electrons. The molecule has 0 bridgehead atoms. The summed E-state index contributed by atoms with van der Waals surface area (Å²) in [5, 5.41) is 0. The summed E-state index contributed by atoms with van der Waals surface area (Å²) >= 11 is 0. The van der Waals surface area contributed by atoms with E-state index in [0.717, 1.165) is 16.7 Å². The van der Waals surface area contributed by atoms with Crippen LogP contribution in [0.5, 0.6) is 0 Å². The van der Waals surface area contributed by atoms with Gasteiger partial charge in [0.1, 0.15) is 0 Å². The van der Waals surface area contributed by atoms with E-state index in [9.17, 15) is 4.79 Å². The first kappa shape index (κ1) is 10.2. The molecule has 0 saturated heterocycles. The van der Waals surface area contributed by atoms with Crippen molar-refractivity contribution in [2.24, 2.45) is 11.3 Å². The summed E-state index contributed by atoms with van der Waals surface area (Å²) in [7, 11) is 0. The Morgan fingerprint density at radius 2 is 1.73 bits per heavy atom. The second kappa shape index (κ2) is 3.06. The van der Waals surface area contributed by atoms with Crippen LogP contribution in [0.2, 0.25) is 0 Å². The Bertz CT molecular complexity index is 405. The molecule has 0 radical (unpaired) electrons. The molecule has 1 atom stereocenters. The number of carbonyl (C=O) groups excluding carboxylic acids is 1. The molecular formula is C14H16O. The molecule has 1 aromatic rings. The maximum Gasteiger partial charge on any atom is 0.173 e. The van der Waals surface area contributed by atoms with Gasteiger partial charge in [-0.25, -0.2) is 0 Å². The van der Waals surface area contributed by atoms with Crippen molar-refractivity contribution in [3.05, 3.63) is 42.0 Å². The number of fused-ring (bicyclic) bond motifs is 1. The topological polar surface area (TPSA) is 17.1 Å². The van der Waals surface area contributed by atoms with E-state index in [1.54, 1.807) is 0 Å². The monoisotopic (exact) mass is 200 g/mol. The van der Waals surface area contributed by atoms with Gasteiger partial charge in [0.15, 0.2) is 5.78 Å². The van der Waals surface area contributed by atoms with E-state index in [0.29, 0.717) is 0 Å². The second-order valence-corrected chi connectivity index (χ2v) is 4.71. The van der Waals surface area contributed by atoms with E-state index in [2.05, 4.69) is 20.4 Å². The Morgan fingerprint density at radius 1 is 1.20 bits per heavy atom. The highest BCUT2D eigenvalue weighted by Crippen LogP contribution is 2.49. The average Bonchev–Trinajstić information content (AvgIpc) is 2.43. The SMILES string of the molecule is C=C1c2ccccc2C(=O)C1(C)C(C)C. The van der Waals surface area contributed by atoms with Gasteiger partial charge >= 0.3 is 0 Å². The van der Waals surface area contributed by atoms with Crippen LogP contribution in [0.1, 0.15) is 36.7 Å². The quantitative estimate of drug-likeness (QED) is 0.677. The minimum absolute atomic E-state index is 0.220. The first-order valence-electron chi connectivity index (χ1n) is 5.33. The van der Waals surface area contributed by atoms with Crippen LogP contribution in [0.25, 0.3) is 5.57 Å². The zero-order valence-electron chi connectivity index (χ0n) is 9.50. The maximum absolute atomic E-state index is 12.3. The highest BCUT2D eigenvalue weighted by atomic mass is 16.1. The molecular weight excluding hydrogens is 184 g/mol. The van der Waals surface area contributed by atoms with Crippen LogP contribution in [0.3, 0.4) is 0 Å². The lowest BCUT2D eigenvalue weighted by atomic mass is 9.73. The molecule has 0 heterocycles. The summed E-state index contributed by atoms with van der Waals surface area (Å²) in [5.41, 5.74) is 2.42. The Morgan fingerprint density at radius 3 is 2.20 bits per heavy atom. The third-order valence-electron chi connectivity index (χ3n) is 3.75. The third-order valence-corrected chi connectivity index (χ3v) is 3.75. The maximum atomic E-state index is 12.3. The number of ketones is 1. The Hall–Kier alpha value is -1.37. The number of Topliss-reactive ketones (excluding diaryl/α,β-unsaturated/α-hetero) is 1. The van der Waals surface area contributed by atoms with Crippen LogP contribution in [0.4, 0.5) is 0 Å². The van der Waals surface area contributed by atoms with E-state index < -0.39 is 5.41 Å². The van der Waals surface area contributed by atoms with Gasteiger partial charge in [0.25, 0.3) is 0 Å². The van der Waals surface area contributed by atoms with Gasteiger partial charge in [-0.2, -0.15) is 0 Å². The average molecular weight is 200 g/mol. The molecule has 1 aliphatic rings. The molecule has 0 fully saturated rings. The van der Waals surface area contributed by atoms with Gasteiger partial charge in [0.2, 0.25) is 0 Å². The standard InChI is InChI=1S/C14H16O/c1-9(2)14(4)10(3)11-7-5-6-8-12(11)13(14)15/h5-9H,3H2,1-2,4H3. The number of carbonyl (C=O) groups is 1.